The van der Waals surface area contributed by atoms with Crippen LogP contribution in [0.4, 0.5) is 4.39 Å². The number of aliphatic hydroxyl groups is 2. The third-order valence-corrected chi connectivity index (χ3v) is 4.41. The fourth-order valence-electron chi connectivity index (χ4n) is 2.37. The SMILES string of the molecule is OCC1OC(n2c(Cl)nc3cc(Cl)c(Cl)cc32)C(F)C1O. The third-order valence-electron chi connectivity index (χ3n) is 3.42. The molecule has 3 rings (SSSR count). The van der Waals surface area contributed by atoms with Gasteiger partial charge in [0.05, 0.1) is 27.7 Å². The van der Waals surface area contributed by atoms with Gasteiger partial charge >= 0.3 is 0 Å². The largest absolute Gasteiger partial charge is 0.394 e. The highest BCUT2D eigenvalue weighted by atomic mass is 35.5. The zero-order valence-corrected chi connectivity index (χ0v) is 12.6. The summed E-state index contributed by atoms with van der Waals surface area (Å²) >= 11 is 17.9. The van der Waals surface area contributed by atoms with Crippen molar-refractivity contribution >= 4 is 45.8 Å². The highest BCUT2D eigenvalue weighted by Gasteiger charge is 2.46. The van der Waals surface area contributed by atoms with Crippen molar-refractivity contribution in [2.75, 3.05) is 6.61 Å². The van der Waals surface area contributed by atoms with Crippen LogP contribution in [0.2, 0.25) is 15.3 Å². The molecule has 5 nitrogen and oxygen atoms in total. The molecule has 0 bridgehead atoms. The first kappa shape index (κ1) is 15.3. The molecule has 4 unspecified atom stereocenters. The van der Waals surface area contributed by atoms with Gasteiger partial charge in [-0.25, -0.2) is 9.37 Å². The molecule has 2 heterocycles. The van der Waals surface area contributed by atoms with E-state index in [-0.39, 0.29) is 10.3 Å². The lowest BCUT2D eigenvalue weighted by Crippen LogP contribution is -2.30. The van der Waals surface area contributed by atoms with Gasteiger partial charge in [-0.3, -0.25) is 4.57 Å². The van der Waals surface area contributed by atoms with E-state index in [2.05, 4.69) is 4.98 Å². The third kappa shape index (κ3) is 2.40. The average molecular weight is 356 g/mol. The molecule has 1 aromatic heterocycles. The number of hydrogen-bond acceptors (Lipinski definition) is 4. The molecule has 0 saturated carbocycles. The van der Waals surface area contributed by atoms with Gasteiger partial charge in [-0.05, 0) is 23.7 Å². The molecule has 1 aromatic carbocycles. The first-order chi connectivity index (χ1) is 9.93. The Hall–Kier alpha value is -0.630. The first-order valence-corrected chi connectivity index (χ1v) is 7.18. The van der Waals surface area contributed by atoms with E-state index in [9.17, 15) is 9.50 Å². The molecular weight excluding hydrogens is 346 g/mol. The molecule has 1 aliphatic heterocycles. The molecule has 114 valence electrons. The summed E-state index contributed by atoms with van der Waals surface area (Å²) in [5.74, 6) is 0. The summed E-state index contributed by atoms with van der Waals surface area (Å²) in [4.78, 5) is 4.06. The number of aromatic nitrogens is 2. The minimum atomic E-state index is -1.76. The highest BCUT2D eigenvalue weighted by Crippen LogP contribution is 2.38. The Morgan fingerprint density at radius 1 is 1.29 bits per heavy atom. The number of rotatable bonds is 2. The van der Waals surface area contributed by atoms with Gasteiger partial charge in [-0.1, -0.05) is 23.2 Å². The second kappa shape index (κ2) is 5.53. The fraction of sp³-hybridized carbons (Fsp3) is 0.417. The van der Waals surface area contributed by atoms with Crippen molar-refractivity contribution in [1.29, 1.82) is 0 Å². The summed E-state index contributed by atoms with van der Waals surface area (Å²) in [6.45, 7) is -0.505. The number of imidazole rings is 1. The van der Waals surface area contributed by atoms with E-state index < -0.39 is 31.2 Å². The van der Waals surface area contributed by atoms with E-state index in [1.54, 1.807) is 0 Å². The first-order valence-electron chi connectivity index (χ1n) is 6.05. The molecule has 0 spiro atoms. The zero-order valence-electron chi connectivity index (χ0n) is 10.4. The molecule has 1 aliphatic rings. The number of aliphatic hydroxyl groups excluding tert-OH is 2. The van der Waals surface area contributed by atoms with Gasteiger partial charge in [-0.15, -0.1) is 0 Å². The summed E-state index contributed by atoms with van der Waals surface area (Å²) in [5, 5.41) is 19.3. The average Bonchev–Trinajstić information content (AvgIpc) is 2.89. The maximum absolute atomic E-state index is 14.2. The predicted molar refractivity (Wildman–Crippen MR) is 76.7 cm³/mol. The Balaban J connectivity index is 2.12. The van der Waals surface area contributed by atoms with Gasteiger partial charge in [0.15, 0.2) is 12.4 Å². The molecule has 0 aliphatic carbocycles. The van der Waals surface area contributed by atoms with Crippen LogP contribution >= 0.6 is 34.8 Å². The van der Waals surface area contributed by atoms with Crippen molar-refractivity contribution in [3.63, 3.8) is 0 Å². The monoisotopic (exact) mass is 354 g/mol. The summed E-state index contributed by atoms with van der Waals surface area (Å²) in [6, 6.07) is 3.00. The predicted octanol–water partition coefficient (Wildman–Crippen LogP) is 2.59. The van der Waals surface area contributed by atoms with E-state index in [0.717, 1.165) is 0 Å². The second-order valence-electron chi connectivity index (χ2n) is 4.69. The quantitative estimate of drug-likeness (QED) is 0.869. The van der Waals surface area contributed by atoms with Crippen LogP contribution in [0, 0.1) is 0 Å². The number of fused-ring (bicyclic) bond motifs is 1. The van der Waals surface area contributed by atoms with Gasteiger partial charge in [0.2, 0.25) is 5.28 Å². The molecule has 2 N–H and O–H groups in total. The molecule has 1 saturated heterocycles. The van der Waals surface area contributed by atoms with Gasteiger partial charge in [0, 0.05) is 0 Å². The van der Waals surface area contributed by atoms with Crippen molar-refractivity contribution in [3.8, 4) is 0 Å². The van der Waals surface area contributed by atoms with Gasteiger partial charge < -0.3 is 14.9 Å². The van der Waals surface area contributed by atoms with Crippen LogP contribution in [-0.2, 0) is 4.74 Å². The lowest BCUT2D eigenvalue weighted by molar-refractivity contribution is -0.0456. The maximum atomic E-state index is 14.2. The Labute approximate surface area is 133 Å². The van der Waals surface area contributed by atoms with Gasteiger partial charge in [0.25, 0.3) is 0 Å². The molecule has 9 heteroatoms. The van der Waals surface area contributed by atoms with Crippen molar-refractivity contribution in [2.45, 2.75) is 24.6 Å². The fourth-order valence-corrected chi connectivity index (χ4v) is 2.96. The lowest BCUT2D eigenvalue weighted by atomic mass is 10.1. The number of hydrogen-bond donors (Lipinski definition) is 2. The topological polar surface area (TPSA) is 67.5 Å². The standard InChI is InChI=1S/C12H10Cl3FN2O3/c13-4-1-6-7(2-5(4)14)18(12(15)17-6)11-9(16)10(20)8(3-19)21-11/h1-2,8-11,19-20H,3H2. The minimum Gasteiger partial charge on any atom is -0.394 e. The normalized spacial score (nSPS) is 29.4. The van der Waals surface area contributed by atoms with E-state index in [0.29, 0.717) is 16.1 Å². The molecule has 1 fully saturated rings. The van der Waals surface area contributed by atoms with Crippen LogP contribution in [0.15, 0.2) is 12.1 Å². The number of alkyl halides is 1. The smallest absolute Gasteiger partial charge is 0.206 e. The highest BCUT2D eigenvalue weighted by molar-refractivity contribution is 6.42. The van der Waals surface area contributed by atoms with Crippen LogP contribution in [0.1, 0.15) is 6.23 Å². The number of halogens is 4. The van der Waals surface area contributed by atoms with E-state index in [1.807, 2.05) is 0 Å². The second-order valence-corrected chi connectivity index (χ2v) is 5.84. The van der Waals surface area contributed by atoms with E-state index in [1.165, 1.54) is 16.7 Å². The Kier molecular flexibility index (Phi) is 4.02. The van der Waals surface area contributed by atoms with Gasteiger partial charge in [-0.2, -0.15) is 0 Å². The van der Waals surface area contributed by atoms with Gasteiger partial charge in [0.1, 0.15) is 12.2 Å². The Bertz CT molecular complexity index is 696. The molecule has 0 radical (unpaired) electrons. The summed E-state index contributed by atoms with van der Waals surface area (Å²) < 4.78 is 20.8. The number of benzene rings is 1. The molecular formula is C12H10Cl3FN2O3. The summed E-state index contributed by atoms with van der Waals surface area (Å²) in [6.07, 6.45) is -5.43. The van der Waals surface area contributed by atoms with Crippen LogP contribution in [0.3, 0.4) is 0 Å². The van der Waals surface area contributed by atoms with Crippen molar-refractivity contribution in [2.24, 2.45) is 0 Å². The summed E-state index contributed by atoms with van der Waals surface area (Å²) in [7, 11) is 0. The van der Waals surface area contributed by atoms with Crippen LogP contribution < -0.4 is 0 Å². The van der Waals surface area contributed by atoms with E-state index in [4.69, 9.17) is 44.6 Å². The van der Waals surface area contributed by atoms with Crippen molar-refractivity contribution < 1.29 is 19.3 Å². The zero-order chi connectivity index (χ0) is 15.3. The van der Waals surface area contributed by atoms with Crippen molar-refractivity contribution in [3.05, 3.63) is 27.5 Å². The molecule has 21 heavy (non-hydrogen) atoms. The minimum absolute atomic E-state index is 0.0261. The molecule has 2 aromatic rings. The Morgan fingerprint density at radius 3 is 2.57 bits per heavy atom. The molecule has 4 atom stereocenters. The maximum Gasteiger partial charge on any atom is 0.206 e. The van der Waals surface area contributed by atoms with Crippen LogP contribution in [-0.4, -0.2) is 44.8 Å². The number of ether oxygens (including phenoxy) is 1. The number of nitrogens with zero attached hydrogens (tertiary/aromatic N) is 2. The van der Waals surface area contributed by atoms with Crippen LogP contribution in [0.25, 0.3) is 11.0 Å². The van der Waals surface area contributed by atoms with E-state index >= 15 is 0 Å². The van der Waals surface area contributed by atoms with Crippen molar-refractivity contribution in [1.82, 2.24) is 9.55 Å². The van der Waals surface area contributed by atoms with Crippen LogP contribution in [0.5, 0.6) is 0 Å². The summed E-state index contributed by atoms with van der Waals surface area (Å²) in [5.41, 5.74) is 0.847. The molecule has 0 amide bonds. The Morgan fingerprint density at radius 2 is 1.95 bits per heavy atom. The lowest BCUT2D eigenvalue weighted by Gasteiger charge is -2.16.